The van der Waals surface area contributed by atoms with Crippen LogP contribution >= 0.6 is 38.9 Å². The molecule has 2 rings (SSSR count). The number of hydrogen-bond acceptors (Lipinski definition) is 2. The molecular formula is C12H9BrClNOS. The molecule has 1 aromatic carbocycles. The van der Waals surface area contributed by atoms with E-state index in [1.165, 1.54) is 11.3 Å². The minimum absolute atomic E-state index is 0.181. The SMILES string of the molecule is Cc1csc(C(=O)Nc2ccccc2Br)c1Cl. The maximum Gasteiger partial charge on any atom is 0.267 e. The number of thiophene rings is 1. The molecular weight excluding hydrogens is 322 g/mol. The number of benzene rings is 1. The molecule has 0 atom stereocenters. The number of halogens is 2. The number of aryl methyl sites for hydroxylation is 1. The van der Waals surface area contributed by atoms with E-state index in [-0.39, 0.29) is 5.91 Å². The van der Waals surface area contributed by atoms with Crippen LogP contribution in [-0.2, 0) is 0 Å². The van der Waals surface area contributed by atoms with Gasteiger partial charge in [-0.1, -0.05) is 23.7 Å². The fourth-order valence-corrected chi connectivity index (χ4v) is 2.88. The summed E-state index contributed by atoms with van der Waals surface area (Å²) in [4.78, 5) is 12.5. The highest BCUT2D eigenvalue weighted by Crippen LogP contribution is 2.29. The van der Waals surface area contributed by atoms with Crippen molar-refractivity contribution >= 4 is 50.5 Å². The van der Waals surface area contributed by atoms with Crippen molar-refractivity contribution in [2.24, 2.45) is 0 Å². The zero-order valence-corrected chi connectivity index (χ0v) is 12.1. The molecule has 88 valence electrons. The Morgan fingerprint density at radius 3 is 2.71 bits per heavy atom. The Morgan fingerprint density at radius 1 is 1.41 bits per heavy atom. The van der Waals surface area contributed by atoms with Crippen LogP contribution in [0.5, 0.6) is 0 Å². The predicted molar refractivity (Wildman–Crippen MR) is 76.2 cm³/mol. The molecule has 0 aliphatic rings. The Hall–Kier alpha value is -0.840. The summed E-state index contributed by atoms with van der Waals surface area (Å²) in [6.07, 6.45) is 0. The van der Waals surface area contributed by atoms with Crippen LogP contribution in [0, 0.1) is 6.92 Å². The number of hydrogen-bond donors (Lipinski definition) is 1. The molecule has 0 bridgehead atoms. The minimum Gasteiger partial charge on any atom is -0.320 e. The van der Waals surface area contributed by atoms with Gasteiger partial charge in [0.2, 0.25) is 0 Å². The lowest BCUT2D eigenvalue weighted by atomic mass is 10.3. The van der Waals surface area contributed by atoms with E-state index >= 15 is 0 Å². The Kier molecular flexibility index (Phi) is 3.86. The molecule has 1 amide bonds. The molecule has 2 nitrogen and oxygen atoms in total. The van der Waals surface area contributed by atoms with E-state index in [1.807, 2.05) is 36.6 Å². The Morgan fingerprint density at radius 2 is 2.12 bits per heavy atom. The van der Waals surface area contributed by atoms with Gasteiger partial charge in [0.1, 0.15) is 4.88 Å². The third kappa shape index (κ3) is 2.70. The summed E-state index contributed by atoms with van der Waals surface area (Å²) in [7, 11) is 0. The highest BCUT2D eigenvalue weighted by molar-refractivity contribution is 9.10. The van der Waals surface area contributed by atoms with Crippen molar-refractivity contribution < 1.29 is 4.79 Å². The van der Waals surface area contributed by atoms with Gasteiger partial charge in [-0.05, 0) is 45.9 Å². The van der Waals surface area contributed by atoms with Gasteiger partial charge in [0.05, 0.1) is 10.7 Å². The van der Waals surface area contributed by atoms with Crippen molar-refractivity contribution in [1.29, 1.82) is 0 Å². The van der Waals surface area contributed by atoms with Gasteiger partial charge < -0.3 is 5.32 Å². The summed E-state index contributed by atoms with van der Waals surface area (Å²) < 4.78 is 0.845. The van der Waals surface area contributed by atoms with Crippen molar-refractivity contribution in [2.75, 3.05) is 5.32 Å². The molecule has 1 N–H and O–H groups in total. The first-order valence-electron chi connectivity index (χ1n) is 4.89. The summed E-state index contributed by atoms with van der Waals surface area (Å²) in [5.74, 6) is -0.181. The van der Waals surface area contributed by atoms with Gasteiger partial charge in [-0.3, -0.25) is 4.79 Å². The summed E-state index contributed by atoms with van der Waals surface area (Å²) in [6, 6.07) is 7.46. The standard InChI is InChI=1S/C12H9BrClNOS/c1-7-6-17-11(10(7)14)12(16)15-9-5-3-2-4-8(9)13/h2-6H,1H3,(H,15,16). The Balaban J connectivity index is 2.23. The van der Waals surface area contributed by atoms with Crippen molar-refractivity contribution in [1.82, 2.24) is 0 Å². The van der Waals surface area contributed by atoms with Crippen LogP contribution in [0.3, 0.4) is 0 Å². The van der Waals surface area contributed by atoms with E-state index in [2.05, 4.69) is 21.2 Å². The van der Waals surface area contributed by atoms with Crippen molar-refractivity contribution in [2.45, 2.75) is 6.92 Å². The first-order valence-corrected chi connectivity index (χ1v) is 6.94. The summed E-state index contributed by atoms with van der Waals surface area (Å²) in [5.41, 5.74) is 1.66. The van der Waals surface area contributed by atoms with Crippen LogP contribution in [0.15, 0.2) is 34.1 Å². The second kappa shape index (κ2) is 5.21. The number of nitrogens with one attached hydrogen (secondary N) is 1. The monoisotopic (exact) mass is 329 g/mol. The van der Waals surface area contributed by atoms with E-state index in [0.29, 0.717) is 9.90 Å². The molecule has 0 saturated carbocycles. The molecule has 0 unspecified atom stereocenters. The van der Waals surface area contributed by atoms with Crippen LogP contribution in [0.4, 0.5) is 5.69 Å². The highest BCUT2D eigenvalue weighted by Gasteiger charge is 2.15. The Bertz CT molecular complexity index is 567. The molecule has 0 fully saturated rings. The number of para-hydroxylation sites is 1. The molecule has 17 heavy (non-hydrogen) atoms. The maximum atomic E-state index is 12.0. The van der Waals surface area contributed by atoms with Crippen molar-refractivity contribution in [3.63, 3.8) is 0 Å². The molecule has 0 saturated heterocycles. The third-order valence-corrected chi connectivity index (χ3v) is 4.61. The minimum atomic E-state index is -0.181. The normalized spacial score (nSPS) is 10.3. The molecule has 0 radical (unpaired) electrons. The molecule has 0 aliphatic carbocycles. The number of anilines is 1. The molecule has 2 aromatic rings. The third-order valence-electron chi connectivity index (χ3n) is 2.23. The largest absolute Gasteiger partial charge is 0.320 e. The molecule has 1 aromatic heterocycles. The quantitative estimate of drug-likeness (QED) is 0.847. The molecule has 5 heteroatoms. The lowest BCUT2D eigenvalue weighted by Gasteiger charge is -2.06. The second-order valence-electron chi connectivity index (χ2n) is 3.50. The molecule has 0 spiro atoms. The van der Waals surface area contributed by atoms with Crippen LogP contribution < -0.4 is 5.32 Å². The van der Waals surface area contributed by atoms with Gasteiger partial charge in [-0.25, -0.2) is 0 Å². The summed E-state index contributed by atoms with van der Waals surface area (Å²) >= 11 is 10.8. The van der Waals surface area contributed by atoms with Gasteiger partial charge in [0, 0.05) is 4.47 Å². The zero-order chi connectivity index (χ0) is 12.4. The van der Waals surface area contributed by atoms with Crippen LogP contribution in [0.1, 0.15) is 15.2 Å². The van der Waals surface area contributed by atoms with Crippen LogP contribution in [0.2, 0.25) is 5.02 Å². The van der Waals surface area contributed by atoms with E-state index in [1.54, 1.807) is 0 Å². The topological polar surface area (TPSA) is 29.1 Å². The smallest absolute Gasteiger partial charge is 0.267 e. The first kappa shape index (κ1) is 12.6. The predicted octanol–water partition coefficient (Wildman–Crippen LogP) is 4.72. The van der Waals surface area contributed by atoms with Gasteiger partial charge in [0.25, 0.3) is 5.91 Å². The van der Waals surface area contributed by atoms with E-state index in [9.17, 15) is 4.79 Å². The molecule has 0 aliphatic heterocycles. The lowest BCUT2D eigenvalue weighted by molar-refractivity contribution is 0.103. The maximum absolute atomic E-state index is 12.0. The number of carbonyl (C=O) groups is 1. The summed E-state index contributed by atoms with van der Waals surface area (Å²) in [6.45, 7) is 1.88. The van der Waals surface area contributed by atoms with Crippen molar-refractivity contribution in [3.8, 4) is 0 Å². The number of amides is 1. The summed E-state index contributed by atoms with van der Waals surface area (Å²) in [5, 5.41) is 5.22. The van der Waals surface area contributed by atoms with E-state index in [4.69, 9.17) is 11.6 Å². The number of rotatable bonds is 2. The van der Waals surface area contributed by atoms with E-state index in [0.717, 1.165) is 15.7 Å². The van der Waals surface area contributed by atoms with Gasteiger partial charge in [-0.15, -0.1) is 11.3 Å². The fourth-order valence-electron chi connectivity index (χ4n) is 1.32. The van der Waals surface area contributed by atoms with Crippen LogP contribution in [0.25, 0.3) is 0 Å². The highest BCUT2D eigenvalue weighted by atomic mass is 79.9. The average Bonchev–Trinajstić information content (AvgIpc) is 2.63. The van der Waals surface area contributed by atoms with Gasteiger partial charge in [0.15, 0.2) is 0 Å². The van der Waals surface area contributed by atoms with Gasteiger partial charge >= 0.3 is 0 Å². The zero-order valence-electron chi connectivity index (χ0n) is 8.96. The number of carbonyl (C=O) groups excluding carboxylic acids is 1. The molecule has 1 heterocycles. The van der Waals surface area contributed by atoms with Crippen LogP contribution in [-0.4, -0.2) is 5.91 Å². The first-order chi connectivity index (χ1) is 8.09. The fraction of sp³-hybridized carbons (Fsp3) is 0.0833. The lowest BCUT2D eigenvalue weighted by Crippen LogP contribution is -2.11. The van der Waals surface area contributed by atoms with Gasteiger partial charge in [-0.2, -0.15) is 0 Å². The second-order valence-corrected chi connectivity index (χ2v) is 5.61. The van der Waals surface area contributed by atoms with Crippen molar-refractivity contribution in [3.05, 3.63) is 49.6 Å². The average molecular weight is 331 g/mol. The van der Waals surface area contributed by atoms with E-state index < -0.39 is 0 Å². The Labute approximate surface area is 117 Å².